The summed E-state index contributed by atoms with van der Waals surface area (Å²) in [4.78, 5) is 27.3. The predicted molar refractivity (Wildman–Crippen MR) is 176 cm³/mol. The number of ether oxygens (including phenoxy) is 1. The fourth-order valence-electron chi connectivity index (χ4n) is 5.92. The van der Waals surface area contributed by atoms with Gasteiger partial charge in [-0.25, -0.2) is 0 Å². The number of amides is 1. The van der Waals surface area contributed by atoms with E-state index in [1.165, 1.54) is 0 Å². The summed E-state index contributed by atoms with van der Waals surface area (Å²) < 4.78 is 22.4. The van der Waals surface area contributed by atoms with Crippen molar-refractivity contribution in [3.8, 4) is 5.75 Å². The highest BCUT2D eigenvalue weighted by Gasteiger charge is 2.34. The number of anilines is 1. The summed E-state index contributed by atoms with van der Waals surface area (Å²) in [6, 6.07) is 21.1. The van der Waals surface area contributed by atoms with Crippen molar-refractivity contribution >= 4 is 50.9 Å². The monoisotopic (exact) mass is 634 g/mol. The molecule has 1 N–H and O–H groups in total. The number of carboxylic acid groups (broad SMARTS) is 1. The molecule has 0 spiro atoms. The lowest BCUT2D eigenvalue weighted by atomic mass is 9.88. The van der Waals surface area contributed by atoms with Gasteiger partial charge in [0.25, 0.3) is 0 Å². The number of para-hydroxylation sites is 1. The first-order valence-corrected chi connectivity index (χ1v) is 16.6. The molecule has 7 nitrogen and oxygen atoms in total. The SMILES string of the molecule is CC(=O)N1c2ccccc2C[C@H]1COc1ccc2c(c1)c(S(=O)CC(C)C)c(CC(C)(C)C(=O)O)n2Cc1ccc(Cl)cc1. The Balaban J connectivity index is 1.58. The van der Waals surface area contributed by atoms with Gasteiger partial charge in [0.15, 0.2) is 0 Å². The second-order valence-electron chi connectivity index (χ2n) is 12.6. The molecule has 5 rings (SSSR count). The van der Waals surface area contributed by atoms with E-state index in [-0.39, 0.29) is 24.3 Å². The minimum atomic E-state index is -1.38. The van der Waals surface area contributed by atoms with Gasteiger partial charge < -0.3 is 19.3 Å². The van der Waals surface area contributed by atoms with Gasteiger partial charge in [-0.1, -0.05) is 55.8 Å². The van der Waals surface area contributed by atoms with E-state index >= 15 is 0 Å². The molecule has 0 aliphatic carbocycles. The Morgan fingerprint density at radius 2 is 1.80 bits per heavy atom. The van der Waals surface area contributed by atoms with Crippen molar-refractivity contribution in [2.45, 2.75) is 64.9 Å². The predicted octanol–water partition coefficient (Wildman–Crippen LogP) is 7.12. The summed E-state index contributed by atoms with van der Waals surface area (Å²) in [5, 5.41) is 11.5. The largest absolute Gasteiger partial charge is 0.491 e. The lowest BCUT2D eigenvalue weighted by Crippen LogP contribution is -2.40. The van der Waals surface area contributed by atoms with E-state index in [0.717, 1.165) is 33.4 Å². The van der Waals surface area contributed by atoms with E-state index in [1.807, 2.05) is 80.6 Å². The lowest BCUT2D eigenvalue weighted by Gasteiger charge is -2.24. The van der Waals surface area contributed by atoms with Crippen LogP contribution in [0.2, 0.25) is 5.02 Å². The second-order valence-corrected chi connectivity index (χ2v) is 14.5. The maximum atomic E-state index is 14.0. The third-order valence-electron chi connectivity index (χ3n) is 8.10. The molecule has 1 aromatic heterocycles. The molecular weight excluding hydrogens is 596 g/mol. The molecule has 2 heterocycles. The number of benzene rings is 3. The summed E-state index contributed by atoms with van der Waals surface area (Å²) >= 11 is 6.16. The van der Waals surface area contributed by atoms with Crippen LogP contribution in [0.1, 0.15) is 51.4 Å². The molecule has 1 aliphatic heterocycles. The number of carbonyl (C=O) groups excluding carboxylic acids is 1. The van der Waals surface area contributed by atoms with Gasteiger partial charge in [0.2, 0.25) is 5.91 Å². The quantitative estimate of drug-likeness (QED) is 0.190. The van der Waals surface area contributed by atoms with Gasteiger partial charge in [0.1, 0.15) is 12.4 Å². The van der Waals surface area contributed by atoms with Crippen molar-refractivity contribution in [3.05, 3.63) is 88.6 Å². The second kappa shape index (κ2) is 12.8. The standard InChI is InChI=1S/C35H39ClN2O5S/c1-22(2)21-44(42)33-29-17-28(43-20-27-16-25-8-6-7-9-30(25)38(27)23(3)39)14-15-31(29)37(19-24-10-12-26(36)13-11-24)32(33)18-35(4,5)34(40)41/h6-15,17,22,27H,16,18-21H2,1-5H3,(H,40,41)/t27-,44?/m0/s1. The normalized spacial score (nSPS) is 15.5. The van der Waals surface area contributed by atoms with Crippen LogP contribution in [-0.2, 0) is 39.8 Å². The van der Waals surface area contributed by atoms with Crippen molar-refractivity contribution in [1.29, 1.82) is 0 Å². The highest BCUT2D eigenvalue weighted by Crippen LogP contribution is 2.38. The number of aromatic nitrogens is 1. The minimum absolute atomic E-state index is 0.0321. The average Bonchev–Trinajstić information content (AvgIpc) is 3.47. The third-order valence-corrected chi connectivity index (χ3v) is 10.2. The first kappa shape index (κ1) is 31.8. The van der Waals surface area contributed by atoms with E-state index in [1.54, 1.807) is 25.7 Å². The van der Waals surface area contributed by atoms with Gasteiger partial charge >= 0.3 is 5.97 Å². The molecule has 4 aromatic rings. The molecule has 232 valence electrons. The smallest absolute Gasteiger partial charge is 0.309 e. The summed E-state index contributed by atoms with van der Waals surface area (Å²) in [7, 11) is -1.38. The zero-order valence-electron chi connectivity index (χ0n) is 25.8. The van der Waals surface area contributed by atoms with Crippen LogP contribution in [0.4, 0.5) is 5.69 Å². The Hall–Kier alpha value is -3.62. The van der Waals surface area contributed by atoms with Crippen LogP contribution in [0, 0.1) is 11.3 Å². The van der Waals surface area contributed by atoms with E-state index < -0.39 is 22.2 Å². The van der Waals surface area contributed by atoms with Gasteiger partial charge in [-0.15, -0.1) is 0 Å². The molecule has 1 aliphatic rings. The van der Waals surface area contributed by atoms with Crippen LogP contribution >= 0.6 is 11.6 Å². The molecule has 0 fully saturated rings. The van der Waals surface area contributed by atoms with Crippen molar-refractivity contribution < 1.29 is 23.6 Å². The van der Waals surface area contributed by atoms with Gasteiger partial charge in [-0.3, -0.25) is 13.8 Å². The third kappa shape index (κ3) is 6.57. The molecule has 2 atom stereocenters. The Bertz CT molecular complexity index is 1730. The summed E-state index contributed by atoms with van der Waals surface area (Å²) in [5.74, 6) is 0.270. The van der Waals surface area contributed by atoms with Crippen LogP contribution in [0.15, 0.2) is 71.6 Å². The van der Waals surface area contributed by atoms with Gasteiger partial charge in [-0.2, -0.15) is 0 Å². The molecule has 3 aromatic carbocycles. The molecule has 44 heavy (non-hydrogen) atoms. The van der Waals surface area contributed by atoms with Crippen molar-refractivity contribution in [1.82, 2.24) is 4.57 Å². The molecule has 9 heteroatoms. The molecule has 1 unspecified atom stereocenters. The Morgan fingerprint density at radius 1 is 1.09 bits per heavy atom. The molecule has 0 saturated carbocycles. The molecule has 0 bridgehead atoms. The number of carbonyl (C=O) groups is 2. The van der Waals surface area contributed by atoms with Crippen LogP contribution in [0.25, 0.3) is 10.9 Å². The fraction of sp³-hybridized carbons (Fsp3) is 0.371. The Kier molecular flexibility index (Phi) is 9.23. The van der Waals surface area contributed by atoms with E-state index in [0.29, 0.717) is 41.0 Å². The topological polar surface area (TPSA) is 88.8 Å². The fourth-order valence-corrected chi connectivity index (χ4v) is 7.67. The number of aliphatic carboxylic acids is 1. The number of carboxylic acids is 1. The van der Waals surface area contributed by atoms with Gasteiger partial charge in [0.05, 0.1) is 32.7 Å². The van der Waals surface area contributed by atoms with Gasteiger partial charge in [0, 0.05) is 47.4 Å². The van der Waals surface area contributed by atoms with Crippen LogP contribution in [0.5, 0.6) is 5.75 Å². The molecule has 1 amide bonds. The van der Waals surface area contributed by atoms with Crippen molar-refractivity contribution in [2.24, 2.45) is 11.3 Å². The first-order valence-electron chi connectivity index (χ1n) is 14.9. The van der Waals surface area contributed by atoms with Gasteiger partial charge in [-0.05, 0) is 73.7 Å². The van der Waals surface area contributed by atoms with Crippen molar-refractivity contribution in [2.75, 3.05) is 17.3 Å². The minimum Gasteiger partial charge on any atom is -0.491 e. The maximum absolute atomic E-state index is 14.0. The van der Waals surface area contributed by atoms with E-state index in [9.17, 15) is 18.9 Å². The number of hydrogen-bond acceptors (Lipinski definition) is 4. The molecular formula is C35H39ClN2O5S. The van der Waals surface area contributed by atoms with Crippen LogP contribution in [-0.4, -0.2) is 44.2 Å². The number of nitrogens with zero attached hydrogens (tertiary/aromatic N) is 2. The first-order chi connectivity index (χ1) is 20.9. The average molecular weight is 635 g/mol. The number of fused-ring (bicyclic) bond motifs is 2. The van der Waals surface area contributed by atoms with Crippen LogP contribution < -0.4 is 9.64 Å². The highest BCUT2D eigenvalue weighted by molar-refractivity contribution is 7.85. The molecule has 0 radical (unpaired) electrons. The molecule has 0 saturated heterocycles. The summed E-state index contributed by atoms with van der Waals surface area (Å²) in [6.07, 6.45) is 0.904. The zero-order valence-corrected chi connectivity index (χ0v) is 27.4. The number of hydrogen-bond donors (Lipinski definition) is 1. The van der Waals surface area contributed by atoms with Crippen molar-refractivity contribution in [3.63, 3.8) is 0 Å². The lowest BCUT2D eigenvalue weighted by molar-refractivity contribution is -0.146. The summed E-state index contributed by atoms with van der Waals surface area (Å²) in [6.45, 7) is 9.79. The number of rotatable bonds is 11. The zero-order chi connectivity index (χ0) is 31.8. The highest BCUT2D eigenvalue weighted by atomic mass is 35.5. The van der Waals surface area contributed by atoms with E-state index in [2.05, 4.69) is 4.57 Å². The van der Waals surface area contributed by atoms with E-state index in [4.69, 9.17) is 16.3 Å². The summed E-state index contributed by atoms with van der Waals surface area (Å²) in [5.41, 5.74) is 3.54. The number of halogens is 1. The Morgan fingerprint density at radius 3 is 2.45 bits per heavy atom. The Labute approximate surface area is 266 Å². The van der Waals surface area contributed by atoms with Crippen LogP contribution in [0.3, 0.4) is 0 Å². The maximum Gasteiger partial charge on any atom is 0.309 e.